The molecule has 1 saturated heterocycles. The summed E-state index contributed by atoms with van der Waals surface area (Å²) in [5, 5.41) is 0.416. The Kier molecular flexibility index (Phi) is 4.55. The lowest BCUT2D eigenvalue weighted by Gasteiger charge is -2.29. The molecule has 3 rings (SSSR count). The quantitative estimate of drug-likeness (QED) is 0.828. The SMILES string of the molecule is COc1ccc(C2(c3ccc(OC)cc3)O[C@H](C)[C@@H](C)S2)cc1. The zero-order valence-electron chi connectivity index (χ0n) is 13.9. The van der Waals surface area contributed by atoms with Crippen LogP contribution in [0, 0.1) is 0 Å². The van der Waals surface area contributed by atoms with Crippen LogP contribution < -0.4 is 9.47 Å². The van der Waals surface area contributed by atoms with Crippen LogP contribution in [0.5, 0.6) is 11.5 Å². The number of rotatable bonds is 4. The highest BCUT2D eigenvalue weighted by Gasteiger charge is 2.46. The molecule has 1 fully saturated rings. The summed E-state index contributed by atoms with van der Waals surface area (Å²) in [5.74, 6) is 1.70. The third-order valence-corrected chi connectivity index (χ3v) is 5.96. The van der Waals surface area contributed by atoms with E-state index < -0.39 is 4.93 Å². The van der Waals surface area contributed by atoms with Gasteiger partial charge in [-0.3, -0.25) is 0 Å². The number of methoxy groups -OCH3 is 2. The van der Waals surface area contributed by atoms with Gasteiger partial charge in [-0.2, -0.15) is 0 Å². The highest BCUT2D eigenvalue weighted by Crippen LogP contribution is 2.53. The van der Waals surface area contributed by atoms with E-state index in [0.29, 0.717) is 5.25 Å². The molecule has 0 N–H and O–H groups in total. The molecule has 2 aromatic carbocycles. The molecule has 4 heteroatoms. The predicted octanol–water partition coefficient (Wildman–Crippen LogP) is 4.45. The fourth-order valence-corrected chi connectivity index (χ4v) is 4.33. The minimum absolute atomic E-state index is 0.184. The lowest BCUT2D eigenvalue weighted by Crippen LogP contribution is -2.25. The van der Waals surface area contributed by atoms with Gasteiger partial charge in [-0.05, 0) is 42.3 Å². The Morgan fingerprint density at radius 1 is 0.826 bits per heavy atom. The molecular weight excluding hydrogens is 308 g/mol. The van der Waals surface area contributed by atoms with Crippen molar-refractivity contribution in [1.29, 1.82) is 0 Å². The van der Waals surface area contributed by atoms with Crippen LogP contribution in [0.25, 0.3) is 0 Å². The fraction of sp³-hybridized carbons (Fsp3) is 0.368. The Labute approximate surface area is 142 Å². The molecule has 0 amide bonds. The predicted molar refractivity (Wildman–Crippen MR) is 94.4 cm³/mol. The molecular formula is C19H22O3S. The van der Waals surface area contributed by atoms with Crippen molar-refractivity contribution in [2.24, 2.45) is 0 Å². The first-order valence-electron chi connectivity index (χ1n) is 7.74. The topological polar surface area (TPSA) is 27.7 Å². The Balaban J connectivity index is 2.06. The van der Waals surface area contributed by atoms with Crippen molar-refractivity contribution in [2.75, 3.05) is 14.2 Å². The largest absolute Gasteiger partial charge is 0.497 e. The molecule has 2 aromatic rings. The van der Waals surface area contributed by atoms with Gasteiger partial charge in [0.25, 0.3) is 0 Å². The molecule has 0 saturated carbocycles. The Hall–Kier alpha value is -1.65. The zero-order chi connectivity index (χ0) is 16.4. The van der Waals surface area contributed by atoms with Crippen molar-refractivity contribution in [3.8, 4) is 11.5 Å². The van der Waals surface area contributed by atoms with Crippen LogP contribution in [0.3, 0.4) is 0 Å². The molecule has 0 aromatic heterocycles. The van der Waals surface area contributed by atoms with Crippen molar-refractivity contribution >= 4 is 11.8 Å². The zero-order valence-corrected chi connectivity index (χ0v) is 14.7. The average molecular weight is 330 g/mol. The third-order valence-electron chi connectivity index (χ3n) is 4.30. The van der Waals surface area contributed by atoms with Crippen LogP contribution >= 0.6 is 11.8 Å². The van der Waals surface area contributed by atoms with Crippen molar-refractivity contribution in [1.82, 2.24) is 0 Å². The van der Waals surface area contributed by atoms with Gasteiger partial charge in [-0.1, -0.05) is 31.2 Å². The van der Waals surface area contributed by atoms with Crippen LogP contribution in [-0.4, -0.2) is 25.6 Å². The molecule has 0 unspecified atom stereocenters. The van der Waals surface area contributed by atoms with Gasteiger partial charge in [-0.25, -0.2) is 0 Å². The maximum atomic E-state index is 6.46. The number of benzene rings is 2. The molecule has 1 aliphatic rings. The molecule has 0 bridgehead atoms. The summed E-state index contributed by atoms with van der Waals surface area (Å²) < 4.78 is 17.0. The summed E-state index contributed by atoms with van der Waals surface area (Å²) >= 11 is 1.85. The first kappa shape index (κ1) is 16.2. The summed E-state index contributed by atoms with van der Waals surface area (Å²) in [6, 6.07) is 16.3. The van der Waals surface area contributed by atoms with Crippen molar-refractivity contribution < 1.29 is 14.2 Å². The van der Waals surface area contributed by atoms with E-state index in [2.05, 4.69) is 38.1 Å². The molecule has 1 heterocycles. The Morgan fingerprint density at radius 3 is 1.57 bits per heavy atom. The van der Waals surface area contributed by atoms with Gasteiger partial charge in [-0.15, -0.1) is 11.8 Å². The van der Waals surface area contributed by atoms with Crippen LogP contribution in [0.1, 0.15) is 25.0 Å². The monoisotopic (exact) mass is 330 g/mol. The normalized spacial score (nSPS) is 22.8. The molecule has 1 aliphatic heterocycles. The fourth-order valence-electron chi connectivity index (χ4n) is 2.80. The number of thioether (sulfide) groups is 1. The van der Waals surface area contributed by atoms with E-state index in [1.807, 2.05) is 36.0 Å². The van der Waals surface area contributed by atoms with Gasteiger partial charge in [0, 0.05) is 5.25 Å². The van der Waals surface area contributed by atoms with Crippen molar-refractivity contribution in [3.63, 3.8) is 0 Å². The van der Waals surface area contributed by atoms with E-state index in [1.165, 1.54) is 0 Å². The van der Waals surface area contributed by atoms with Gasteiger partial charge in [0.05, 0.1) is 20.3 Å². The molecule has 23 heavy (non-hydrogen) atoms. The molecule has 0 radical (unpaired) electrons. The summed E-state index contributed by atoms with van der Waals surface area (Å²) in [4.78, 5) is -0.489. The molecule has 122 valence electrons. The van der Waals surface area contributed by atoms with Gasteiger partial charge < -0.3 is 14.2 Å². The van der Waals surface area contributed by atoms with Gasteiger partial charge in [0.1, 0.15) is 11.5 Å². The van der Waals surface area contributed by atoms with Gasteiger partial charge >= 0.3 is 0 Å². The van der Waals surface area contributed by atoms with E-state index in [-0.39, 0.29) is 6.10 Å². The Morgan fingerprint density at radius 2 is 1.26 bits per heavy atom. The Bertz CT molecular complexity index is 592. The smallest absolute Gasteiger partial charge is 0.165 e. The highest BCUT2D eigenvalue weighted by atomic mass is 32.2. The van der Waals surface area contributed by atoms with E-state index in [4.69, 9.17) is 14.2 Å². The molecule has 0 aliphatic carbocycles. The minimum Gasteiger partial charge on any atom is -0.497 e. The maximum absolute atomic E-state index is 6.46. The first-order chi connectivity index (χ1) is 11.1. The summed E-state index contributed by atoms with van der Waals surface area (Å²) in [5.41, 5.74) is 2.26. The second-order valence-electron chi connectivity index (χ2n) is 5.72. The lowest BCUT2D eigenvalue weighted by atomic mass is 10.00. The summed E-state index contributed by atoms with van der Waals surface area (Å²) in [6.07, 6.45) is 0.184. The van der Waals surface area contributed by atoms with Crippen LogP contribution in [-0.2, 0) is 9.67 Å². The van der Waals surface area contributed by atoms with E-state index in [0.717, 1.165) is 22.6 Å². The lowest BCUT2D eigenvalue weighted by molar-refractivity contribution is 0.0167. The average Bonchev–Trinajstić information content (AvgIpc) is 2.91. The van der Waals surface area contributed by atoms with Crippen LogP contribution in [0.2, 0.25) is 0 Å². The van der Waals surface area contributed by atoms with E-state index in [9.17, 15) is 0 Å². The summed E-state index contributed by atoms with van der Waals surface area (Å²) in [6.45, 7) is 4.34. The first-order valence-corrected chi connectivity index (χ1v) is 8.61. The van der Waals surface area contributed by atoms with E-state index in [1.54, 1.807) is 14.2 Å². The number of hydrogen-bond donors (Lipinski definition) is 0. The maximum Gasteiger partial charge on any atom is 0.165 e. The standard InChI is InChI=1S/C19H22O3S/c1-13-14(2)23-19(22-13,15-5-9-17(20-3)10-6-15)16-7-11-18(21-4)12-8-16/h5-14H,1-4H3/t13-,14-/m1/s1. The van der Waals surface area contributed by atoms with E-state index >= 15 is 0 Å². The third kappa shape index (κ3) is 2.93. The molecule has 3 nitrogen and oxygen atoms in total. The summed E-state index contributed by atoms with van der Waals surface area (Å²) in [7, 11) is 3.36. The highest BCUT2D eigenvalue weighted by molar-refractivity contribution is 8.01. The second-order valence-corrected chi connectivity index (χ2v) is 7.27. The van der Waals surface area contributed by atoms with Crippen molar-refractivity contribution in [3.05, 3.63) is 59.7 Å². The molecule has 2 atom stereocenters. The number of hydrogen-bond acceptors (Lipinski definition) is 4. The van der Waals surface area contributed by atoms with Crippen LogP contribution in [0.15, 0.2) is 48.5 Å². The second kappa shape index (κ2) is 6.46. The minimum atomic E-state index is -0.489. The number of ether oxygens (including phenoxy) is 3. The van der Waals surface area contributed by atoms with Crippen molar-refractivity contribution in [2.45, 2.75) is 30.1 Å². The van der Waals surface area contributed by atoms with Gasteiger partial charge in [0.15, 0.2) is 4.93 Å². The van der Waals surface area contributed by atoms with Crippen LogP contribution in [0.4, 0.5) is 0 Å². The molecule has 0 spiro atoms. The van der Waals surface area contributed by atoms with Gasteiger partial charge in [0.2, 0.25) is 0 Å².